The molecule has 0 fully saturated rings. The lowest BCUT2D eigenvalue weighted by molar-refractivity contribution is -0.0514. The predicted octanol–water partition coefficient (Wildman–Crippen LogP) is 5.68. The van der Waals surface area contributed by atoms with Crippen LogP contribution in [0.5, 0.6) is 11.5 Å². The Kier molecular flexibility index (Phi) is 6.72. The Morgan fingerprint density at radius 1 is 1.12 bits per heavy atom. The standard InChI is InChI=1S/C25H24F2N4O3/c1-4-31-15(3)19(14-28-31)21-13-18(17-8-6-7-9-20(17)30-21)24(32)29-16-10-11-22(34-25(26)27)23(12-16)33-5-2/h6-14,25H,4-5H2,1-3H3,(H,29,32). The summed E-state index contributed by atoms with van der Waals surface area (Å²) in [6.45, 7) is 3.68. The SMILES string of the molecule is CCOc1cc(NC(=O)c2cc(-c3cnn(CC)c3C)nc3ccccc23)ccc1OC(F)F. The highest BCUT2D eigenvalue weighted by molar-refractivity contribution is 6.13. The van der Waals surface area contributed by atoms with Crippen molar-refractivity contribution in [3.8, 4) is 22.8 Å². The zero-order chi connectivity index (χ0) is 24.2. The number of halogens is 2. The summed E-state index contributed by atoms with van der Waals surface area (Å²) >= 11 is 0. The molecule has 0 aliphatic heterocycles. The molecular weight excluding hydrogens is 442 g/mol. The minimum absolute atomic E-state index is 0.102. The van der Waals surface area contributed by atoms with E-state index in [1.165, 1.54) is 18.2 Å². The minimum atomic E-state index is -2.98. The molecule has 0 radical (unpaired) electrons. The Morgan fingerprint density at radius 2 is 1.91 bits per heavy atom. The average Bonchev–Trinajstić information content (AvgIpc) is 3.20. The number of aryl methyl sites for hydroxylation is 1. The van der Waals surface area contributed by atoms with Crippen LogP contribution in [0.4, 0.5) is 14.5 Å². The van der Waals surface area contributed by atoms with E-state index in [2.05, 4.69) is 15.2 Å². The third kappa shape index (κ3) is 4.68. The van der Waals surface area contributed by atoms with Gasteiger partial charge >= 0.3 is 6.61 Å². The Morgan fingerprint density at radius 3 is 2.62 bits per heavy atom. The number of benzene rings is 2. The maximum atomic E-state index is 13.3. The molecule has 0 saturated carbocycles. The van der Waals surface area contributed by atoms with Gasteiger partial charge in [0.05, 0.1) is 29.6 Å². The first-order chi connectivity index (χ1) is 16.4. The number of carbonyl (C=O) groups excluding carboxylic acids is 1. The highest BCUT2D eigenvalue weighted by Crippen LogP contribution is 2.33. The van der Waals surface area contributed by atoms with E-state index in [9.17, 15) is 13.6 Å². The molecule has 2 aromatic heterocycles. The Hall–Kier alpha value is -4.01. The van der Waals surface area contributed by atoms with Gasteiger partial charge in [0.1, 0.15) is 0 Å². The predicted molar refractivity (Wildman–Crippen MR) is 126 cm³/mol. The van der Waals surface area contributed by atoms with E-state index in [1.54, 1.807) is 19.2 Å². The van der Waals surface area contributed by atoms with Gasteiger partial charge in [0.2, 0.25) is 0 Å². The van der Waals surface area contributed by atoms with Crippen LogP contribution in [-0.4, -0.2) is 33.9 Å². The summed E-state index contributed by atoms with van der Waals surface area (Å²) in [6, 6.07) is 13.4. The maximum absolute atomic E-state index is 13.3. The fourth-order valence-electron chi connectivity index (χ4n) is 3.76. The van der Waals surface area contributed by atoms with Crippen LogP contribution in [0.3, 0.4) is 0 Å². The van der Waals surface area contributed by atoms with Crippen LogP contribution < -0.4 is 14.8 Å². The fourth-order valence-corrected chi connectivity index (χ4v) is 3.76. The Bertz CT molecular complexity index is 1340. The van der Waals surface area contributed by atoms with E-state index in [4.69, 9.17) is 9.72 Å². The van der Waals surface area contributed by atoms with Gasteiger partial charge in [-0.2, -0.15) is 13.9 Å². The van der Waals surface area contributed by atoms with Crippen LogP contribution in [0.15, 0.2) is 54.7 Å². The third-order valence-electron chi connectivity index (χ3n) is 5.36. The first-order valence-corrected chi connectivity index (χ1v) is 10.9. The van der Waals surface area contributed by atoms with Gasteiger partial charge in [-0.05, 0) is 45.0 Å². The second kappa shape index (κ2) is 9.86. The van der Waals surface area contributed by atoms with Crippen molar-refractivity contribution in [3.05, 3.63) is 66.0 Å². The second-order valence-corrected chi connectivity index (χ2v) is 7.46. The van der Waals surface area contributed by atoms with Crippen molar-refractivity contribution in [1.82, 2.24) is 14.8 Å². The molecular formula is C25H24F2N4O3. The van der Waals surface area contributed by atoms with Crippen molar-refractivity contribution in [3.63, 3.8) is 0 Å². The molecule has 2 aromatic carbocycles. The number of para-hydroxylation sites is 1. The number of aromatic nitrogens is 3. The van der Waals surface area contributed by atoms with Crippen LogP contribution in [0, 0.1) is 6.92 Å². The summed E-state index contributed by atoms with van der Waals surface area (Å²) in [4.78, 5) is 18.1. The van der Waals surface area contributed by atoms with Crippen LogP contribution in [-0.2, 0) is 6.54 Å². The molecule has 34 heavy (non-hydrogen) atoms. The van der Waals surface area contributed by atoms with E-state index < -0.39 is 6.61 Å². The summed E-state index contributed by atoms with van der Waals surface area (Å²) in [5.41, 5.74) is 3.91. The number of nitrogens with one attached hydrogen (secondary N) is 1. The van der Waals surface area contributed by atoms with Gasteiger partial charge in [-0.1, -0.05) is 18.2 Å². The zero-order valence-corrected chi connectivity index (χ0v) is 19.0. The molecule has 0 atom stereocenters. The molecule has 2 heterocycles. The lowest BCUT2D eigenvalue weighted by atomic mass is 10.0. The highest BCUT2D eigenvalue weighted by atomic mass is 19.3. The smallest absolute Gasteiger partial charge is 0.387 e. The lowest BCUT2D eigenvalue weighted by Crippen LogP contribution is -2.13. The first kappa shape index (κ1) is 23.2. The molecule has 1 amide bonds. The molecule has 1 N–H and O–H groups in total. The number of ether oxygens (including phenoxy) is 2. The number of amides is 1. The van der Waals surface area contributed by atoms with Crippen molar-refractivity contribution in [1.29, 1.82) is 0 Å². The molecule has 176 valence electrons. The molecule has 0 aliphatic rings. The molecule has 9 heteroatoms. The van der Waals surface area contributed by atoms with Gasteiger partial charge in [0.15, 0.2) is 11.5 Å². The van der Waals surface area contributed by atoms with Gasteiger partial charge in [0.25, 0.3) is 5.91 Å². The van der Waals surface area contributed by atoms with E-state index in [0.717, 1.165) is 17.8 Å². The summed E-state index contributed by atoms with van der Waals surface area (Å²) in [5.74, 6) is -0.358. The second-order valence-electron chi connectivity index (χ2n) is 7.46. The monoisotopic (exact) mass is 466 g/mol. The lowest BCUT2D eigenvalue weighted by Gasteiger charge is -2.14. The maximum Gasteiger partial charge on any atom is 0.387 e. The summed E-state index contributed by atoms with van der Waals surface area (Å²) < 4.78 is 37.2. The van der Waals surface area contributed by atoms with Gasteiger partial charge in [-0.3, -0.25) is 9.48 Å². The number of fused-ring (bicyclic) bond motifs is 1. The highest BCUT2D eigenvalue weighted by Gasteiger charge is 2.18. The van der Waals surface area contributed by atoms with Crippen LogP contribution in [0.1, 0.15) is 29.9 Å². The van der Waals surface area contributed by atoms with Crippen LogP contribution >= 0.6 is 0 Å². The van der Waals surface area contributed by atoms with Crippen molar-refractivity contribution < 1.29 is 23.0 Å². The number of rotatable bonds is 8. The van der Waals surface area contributed by atoms with E-state index >= 15 is 0 Å². The molecule has 0 spiro atoms. The van der Waals surface area contributed by atoms with Crippen molar-refractivity contribution in [2.45, 2.75) is 33.9 Å². The van der Waals surface area contributed by atoms with Crippen molar-refractivity contribution in [2.24, 2.45) is 0 Å². The number of anilines is 1. The van der Waals surface area contributed by atoms with Crippen molar-refractivity contribution in [2.75, 3.05) is 11.9 Å². The summed E-state index contributed by atoms with van der Waals surface area (Å²) in [6.07, 6.45) is 1.74. The molecule has 4 aromatic rings. The minimum Gasteiger partial charge on any atom is -0.490 e. The number of alkyl halides is 2. The largest absolute Gasteiger partial charge is 0.490 e. The topological polar surface area (TPSA) is 78.3 Å². The number of pyridine rings is 1. The van der Waals surface area contributed by atoms with Crippen molar-refractivity contribution >= 4 is 22.5 Å². The molecule has 4 rings (SSSR count). The van der Waals surface area contributed by atoms with E-state index in [-0.39, 0.29) is 24.0 Å². The molecule has 0 saturated heterocycles. The van der Waals surface area contributed by atoms with Gasteiger partial charge in [-0.25, -0.2) is 4.98 Å². The molecule has 0 aliphatic carbocycles. The molecule has 7 nitrogen and oxygen atoms in total. The summed E-state index contributed by atoms with van der Waals surface area (Å²) in [7, 11) is 0. The molecule has 0 bridgehead atoms. The van der Waals surface area contributed by atoms with E-state index in [1.807, 2.05) is 42.8 Å². The quantitative estimate of drug-likeness (QED) is 0.362. The van der Waals surface area contributed by atoms with E-state index in [0.29, 0.717) is 27.8 Å². The third-order valence-corrected chi connectivity index (χ3v) is 5.36. The van der Waals surface area contributed by atoms with Crippen LogP contribution in [0.2, 0.25) is 0 Å². The Labute approximate surface area is 195 Å². The normalized spacial score (nSPS) is 11.1. The fraction of sp³-hybridized carbons (Fsp3) is 0.240. The van der Waals surface area contributed by atoms with Crippen LogP contribution in [0.25, 0.3) is 22.2 Å². The number of hydrogen-bond acceptors (Lipinski definition) is 5. The van der Waals surface area contributed by atoms with Gasteiger partial charge in [-0.15, -0.1) is 0 Å². The zero-order valence-electron chi connectivity index (χ0n) is 19.0. The number of hydrogen-bond donors (Lipinski definition) is 1. The first-order valence-electron chi connectivity index (χ1n) is 10.9. The summed E-state index contributed by atoms with van der Waals surface area (Å²) in [5, 5.41) is 7.90. The molecule has 0 unspecified atom stereocenters. The Balaban J connectivity index is 1.72. The van der Waals surface area contributed by atoms with Gasteiger partial charge < -0.3 is 14.8 Å². The van der Waals surface area contributed by atoms with Gasteiger partial charge in [0, 0.05) is 34.9 Å². The number of nitrogens with zero attached hydrogens (tertiary/aromatic N) is 3. The number of carbonyl (C=O) groups is 1. The average molecular weight is 466 g/mol.